The molecule has 0 saturated carbocycles. The lowest BCUT2D eigenvalue weighted by atomic mass is 10.1. The maximum Gasteiger partial charge on any atom is 0.257 e. The Labute approximate surface area is 157 Å². The zero-order valence-electron chi connectivity index (χ0n) is 14.4. The number of halogens is 3. The molecule has 3 aromatic rings. The molecule has 0 unspecified atom stereocenters. The van der Waals surface area contributed by atoms with Crippen molar-refractivity contribution in [2.75, 3.05) is 31.1 Å². The molecule has 4 rings (SSSR count). The van der Waals surface area contributed by atoms with Crippen molar-refractivity contribution in [2.45, 2.75) is 6.92 Å². The first kappa shape index (κ1) is 17.7. The lowest BCUT2D eigenvalue weighted by Gasteiger charge is -2.35. The van der Waals surface area contributed by atoms with E-state index in [0.717, 1.165) is 33.0 Å². The average molecular weight is 392 g/mol. The van der Waals surface area contributed by atoms with Crippen LogP contribution in [0.3, 0.4) is 0 Å². The number of rotatable bonds is 2. The molecule has 1 fully saturated rings. The Balaban J connectivity index is 1.52. The van der Waals surface area contributed by atoms with Gasteiger partial charge in [0.15, 0.2) is 17.5 Å². The zero-order chi connectivity index (χ0) is 19.1. The van der Waals surface area contributed by atoms with E-state index in [0.29, 0.717) is 26.2 Å². The third-order valence-corrected chi connectivity index (χ3v) is 5.52. The van der Waals surface area contributed by atoms with Crippen molar-refractivity contribution in [3.05, 3.63) is 52.4 Å². The van der Waals surface area contributed by atoms with Crippen molar-refractivity contribution >= 4 is 33.3 Å². The van der Waals surface area contributed by atoms with Crippen LogP contribution in [0, 0.1) is 24.4 Å². The molecule has 0 N–H and O–H groups in total. The minimum absolute atomic E-state index is 0.325. The number of carbonyl (C=O) groups excluding carboxylic acids is 1. The van der Waals surface area contributed by atoms with Gasteiger partial charge in [-0.25, -0.2) is 23.1 Å². The second-order valence-electron chi connectivity index (χ2n) is 6.28. The van der Waals surface area contributed by atoms with Crippen LogP contribution in [-0.2, 0) is 0 Å². The van der Waals surface area contributed by atoms with E-state index in [1.807, 2.05) is 17.9 Å². The number of fused-ring (bicyclic) bond motifs is 1. The molecule has 3 heterocycles. The minimum atomic E-state index is -1.63. The molecule has 1 aromatic carbocycles. The van der Waals surface area contributed by atoms with E-state index < -0.39 is 28.9 Å². The summed E-state index contributed by atoms with van der Waals surface area (Å²) in [5.74, 6) is -4.24. The van der Waals surface area contributed by atoms with Gasteiger partial charge in [0.2, 0.25) is 0 Å². The Morgan fingerprint density at radius 1 is 1.07 bits per heavy atom. The molecular formula is C18H15F3N4OS. The van der Waals surface area contributed by atoms with Crippen LogP contribution in [0.1, 0.15) is 15.2 Å². The van der Waals surface area contributed by atoms with E-state index in [1.54, 1.807) is 11.3 Å². The van der Waals surface area contributed by atoms with Crippen molar-refractivity contribution in [3.8, 4) is 0 Å². The monoisotopic (exact) mass is 392 g/mol. The summed E-state index contributed by atoms with van der Waals surface area (Å²) in [6.45, 7) is 3.65. The van der Waals surface area contributed by atoms with Crippen molar-refractivity contribution < 1.29 is 18.0 Å². The molecule has 140 valence electrons. The zero-order valence-corrected chi connectivity index (χ0v) is 15.2. The predicted octanol–water partition coefficient (Wildman–Crippen LogP) is 3.38. The fourth-order valence-electron chi connectivity index (χ4n) is 3.20. The summed E-state index contributed by atoms with van der Waals surface area (Å²) in [5, 5.41) is 0.964. The molecule has 0 atom stereocenters. The van der Waals surface area contributed by atoms with Crippen LogP contribution in [0.25, 0.3) is 10.2 Å². The van der Waals surface area contributed by atoms with Crippen LogP contribution in [0.5, 0.6) is 0 Å². The van der Waals surface area contributed by atoms with Gasteiger partial charge in [-0.1, -0.05) is 0 Å². The summed E-state index contributed by atoms with van der Waals surface area (Å²) < 4.78 is 40.4. The molecule has 1 amide bonds. The molecule has 0 aliphatic carbocycles. The van der Waals surface area contributed by atoms with Crippen LogP contribution in [0.15, 0.2) is 24.5 Å². The largest absolute Gasteiger partial charge is 0.352 e. The number of amides is 1. The number of hydrogen-bond donors (Lipinski definition) is 0. The van der Waals surface area contributed by atoms with Crippen LogP contribution in [-0.4, -0.2) is 47.0 Å². The molecular weight excluding hydrogens is 377 g/mol. The highest BCUT2D eigenvalue weighted by Crippen LogP contribution is 2.30. The Morgan fingerprint density at radius 2 is 1.81 bits per heavy atom. The highest BCUT2D eigenvalue weighted by Gasteiger charge is 2.27. The van der Waals surface area contributed by atoms with Gasteiger partial charge in [-0.3, -0.25) is 4.79 Å². The summed E-state index contributed by atoms with van der Waals surface area (Å²) in [5.41, 5.74) is -0.458. The van der Waals surface area contributed by atoms with E-state index in [1.165, 1.54) is 11.2 Å². The Kier molecular flexibility index (Phi) is 4.47. The predicted molar refractivity (Wildman–Crippen MR) is 96.6 cm³/mol. The van der Waals surface area contributed by atoms with E-state index in [9.17, 15) is 18.0 Å². The van der Waals surface area contributed by atoms with Gasteiger partial charge in [-0.2, -0.15) is 0 Å². The molecule has 5 nitrogen and oxygen atoms in total. The summed E-state index contributed by atoms with van der Waals surface area (Å²) in [7, 11) is 0. The van der Waals surface area contributed by atoms with Gasteiger partial charge in [0.1, 0.15) is 17.0 Å². The van der Waals surface area contributed by atoms with Gasteiger partial charge in [0.05, 0.1) is 10.9 Å². The van der Waals surface area contributed by atoms with E-state index in [-0.39, 0.29) is 0 Å². The van der Waals surface area contributed by atoms with Gasteiger partial charge < -0.3 is 9.80 Å². The first-order valence-electron chi connectivity index (χ1n) is 8.34. The van der Waals surface area contributed by atoms with Gasteiger partial charge in [-0.05, 0) is 25.1 Å². The van der Waals surface area contributed by atoms with E-state index in [4.69, 9.17) is 0 Å². The number of thiophene rings is 1. The number of carbonyl (C=O) groups is 1. The van der Waals surface area contributed by atoms with Crippen molar-refractivity contribution in [1.29, 1.82) is 0 Å². The van der Waals surface area contributed by atoms with Crippen molar-refractivity contribution in [2.24, 2.45) is 0 Å². The van der Waals surface area contributed by atoms with Gasteiger partial charge in [0.25, 0.3) is 5.91 Å². The Morgan fingerprint density at radius 3 is 2.56 bits per heavy atom. The number of nitrogens with zero attached hydrogens (tertiary/aromatic N) is 4. The molecule has 0 spiro atoms. The third kappa shape index (κ3) is 3.12. The van der Waals surface area contributed by atoms with Gasteiger partial charge >= 0.3 is 0 Å². The fraction of sp³-hybridized carbons (Fsp3) is 0.278. The lowest BCUT2D eigenvalue weighted by molar-refractivity contribution is 0.0740. The molecule has 1 aliphatic heterocycles. The number of anilines is 1. The van der Waals surface area contributed by atoms with Crippen molar-refractivity contribution in [3.63, 3.8) is 0 Å². The lowest BCUT2D eigenvalue weighted by Crippen LogP contribution is -2.49. The molecule has 1 aliphatic rings. The SMILES string of the molecule is Cc1cc2c(N3CCN(C(=O)c4ccc(F)c(F)c4F)CC3)ncnc2s1. The normalized spacial score (nSPS) is 14.8. The first-order valence-corrected chi connectivity index (χ1v) is 9.16. The summed E-state index contributed by atoms with van der Waals surface area (Å²) >= 11 is 1.59. The van der Waals surface area contributed by atoms with Crippen LogP contribution < -0.4 is 4.90 Å². The molecule has 0 bridgehead atoms. The summed E-state index contributed by atoms with van der Waals surface area (Å²) in [6.07, 6.45) is 1.52. The maximum atomic E-state index is 13.9. The first-order chi connectivity index (χ1) is 13.0. The minimum Gasteiger partial charge on any atom is -0.352 e. The maximum absolute atomic E-state index is 13.9. The third-order valence-electron chi connectivity index (χ3n) is 4.56. The molecule has 27 heavy (non-hydrogen) atoms. The highest BCUT2D eigenvalue weighted by molar-refractivity contribution is 7.18. The van der Waals surface area contributed by atoms with Gasteiger partial charge in [-0.15, -0.1) is 11.3 Å². The topological polar surface area (TPSA) is 49.3 Å². The van der Waals surface area contributed by atoms with Crippen LogP contribution in [0.4, 0.5) is 19.0 Å². The Bertz CT molecular complexity index is 1030. The standard InChI is InChI=1S/C18H15F3N4OS/c1-10-8-12-16(22-9-23-17(12)27-10)24-4-6-25(7-5-24)18(26)11-2-3-13(19)15(21)14(11)20/h2-3,8-9H,4-7H2,1H3. The summed E-state index contributed by atoms with van der Waals surface area (Å²) in [6, 6.07) is 3.77. The quantitative estimate of drug-likeness (QED) is 0.628. The number of benzene rings is 1. The van der Waals surface area contributed by atoms with Crippen molar-refractivity contribution in [1.82, 2.24) is 14.9 Å². The number of hydrogen-bond acceptors (Lipinski definition) is 5. The Hall–Kier alpha value is -2.68. The summed E-state index contributed by atoms with van der Waals surface area (Å²) in [4.78, 5) is 26.7. The number of aryl methyl sites for hydroxylation is 1. The molecule has 0 radical (unpaired) electrons. The fourth-order valence-corrected chi connectivity index (χ4v) is 4.04. The van der Waals surface area contributed by atoms with E-state index >= 15 is 0 Å². The molecule has 9 heteroatoms. The average Bonchev–Trinajstić information content (AvgIpc) is 3.06. The van der Waals surface area contributed by atoms with E-state index in [2.05, 4.69) is 9.97 Å². The second-order valence-corrected chi connectivity index (χ2v) is 7.51. The second kappa shape index (κ2) is 6.80. The molecule has 1 saturated heterocycles. The molecule has 2 aromatic heterocycles. The van der Waals surface area contributed by atoms with Gasteiger partial charge in [0, 0.05) is 31.1 Å². The van der Waals surface area contributed by atoms with Crippen LogP contribution >= 0.6 is 11.3 Å². The van der Waals surface area contributed by atoms with Crippen LogP contribution in [0.2, 0.25) is 0 Å². The highest BCUT2D eigenvalue weighted by atomic mass is 32.1. The smallest absolute Gasteiger partial charge is 0.257 e. The number of aromatic nitrogens is 2. The number of piperazine rings is 1.